The average molecular weight is 451 g/mol. The van der Waals surface area contributed by atoms with Crippen LogP contribution < -0.4 is 10.1 Å². The van der Waals surface area contributed by atoms with E-state index in [1.54, 1.807) is 19.4 Å². The molecule has 0 atom stereocenters. The van der Waals surface area contributed by atoms with E-state index in [2.05, 4.69) is 59.7 Å². The number of benzene rings is 3. The number of ether oxygens (including phenoxy) is 1. The van der Waals surface area contributed by atoms with Gasteiger partial charge >= 0.3 is 0 Å². The van der Waals surface area contributed by atoms with Crippen molar-refractivity contribution >= 4 is 22.8 Å². The van der Waals surface area contributed by atoms with Gasteiger partial charge in [-0.05, 0) is 83.5 Å². The number of carbonyl (C=O) groups excluding carboxylic acids is 1. The molecular weight excluding hydrogens is 420 g/mol. The molecule has 1 aromatic heterocycles. The molecular formula is C30H30N2O2. The van der Waals surface area contributed by atoms with Gasteiger partial charge in [-0.3, -0.25) is 9.78 Å². The van der Waals surface area contributed by atoms with Crippen LogP contribution >= 0.6 is 0 Å². The van der Waals surface area contributed by atoms with Crippen molar-refractivity contribution in [3.63, 3.8) is 0 Å². The highest BCUT2D eigenvalue weighted by molar-refractivity contribution is 6.02. The average Bonchev–Trinajstić information content (AvgIpc) is 2.87. The number of hydrogen-bond donors (Lipinski definition) is 1. The Morgan fingerprint density at radius 1 is 1.03 bits per heavy atom. The fourth-order valence-corrected chi connectivity index (χ4v) is 4.13. The second-order valence-corrected chi connectivity index (χ2v) is 8.43. The maximum atomic E-state index is 12.5. The smallest absolute Gasteiger partial charge is 0.243 e. The molecule has 0 spiro atoms. The second-order valence-electron chi connectivity index (χ2n) is 8.43. The van der Waals surface area contributed by atoms with Crippen LogP contribution in [0.25, 0.3) is 28.0 Å². The van der Waals surface area contributed by atoms with Gasteiger partial charge < -0.3 is 10.1 Å². The van der Waals surface area contributed by atoms with Crippen LogP contribution in [0, 0.1) is 6.92 Å². The van der Waals surface area contributed by atoms with E-state index < -0.39 is 0 Å². The van der Waals surface area contributed by atoms with E-state index in [0.29, 0.717) is 6.54 Å². The fourth-order valence-electron chi connectivity index (χ4n) is 4.13. The van der Waals surface area contributed by atoms with Crippen molar-refractivity contribution in [3.8, 4) is 16.9 Å². The number of pyridine rings is 1. The SMILES string of the molecule is COc1cccc(-c2c(/C=C/C(=O)NCCCCc3cccnc3)ccc3ccc(C)cc23)c1. The van der Waals surface area contributed by atoms with Crippen LogP contribution in [-0.4, -0.2) is 24.5 Å². The molecule has 3 aromatic carbocycles. The van der Waals surface area contributed by atoms with Gasteiger partial charge in [-0.1, -0.05) is 54.1 Å². The molecule has 0 aliphatic rings. The lowest BCUT2D eigenvalue weighted by atomic mass is 9.92. The van der Waals surface area contributed by atoms with E-state index in [0.717, 1.165) is 47.1 Å². The number of aryl methyl sites for hydroxylation is 2. The van der Waals surface area contributed by atoms with Crippen LogP contribution in [0.15, 0.2) is 85.2 Å². The molecule has 4 nitrogen and oxygen atoms in total. The highest BCUT2D eigenvalue weighted by Crippen LogP contribution is 2.35. The zero-order chi connectivity index (χ0) is 23.8. The molecule has 0 fully saturated rings. The van der Waals surface area contributed by atoms with Gasteiger partial charge in [-0.15, -0.1) is 0 Å². The molecule has 1 heterocycles. The summed E-state index contributed by atoms with van der Waals surface area (Å²) in [5, 5.41) is 5.33. The third kappa shape index (κ3) is 5.90. The lowest BCUT2D eigenvalue weighted by Crippen LogP contribution is -2.22. The largest absolute Gasteiger partial charge is 0.497 e. The molecule has 0 unspecified atom stereocenters. The van der Waals surface area contributed by atoms with Crippen molar-refractivity contribution in [1.29, 1.82) is 0 Å². The molecule has 4 aromatic rings. The second kappa shape index (κ2) is 11.3. The number of hydrogen-bond acceptors (Lipinski definition) is 3. The molecule has 1 N–H and O–H groups in total. The summed E-state index contributed by atoms with van der Waals surface area (Å²) in [6.45, 7) is 2.75. The minimum Gasteiger partial charge on any atom is -0.497 e. The molecule has 1 amide bonds. The van der Waals surface area contributed by atoms with Crippen molar-refractivity contribution in [3.05, 3.63) is 102 Å². The highest BCUT2D eigenvalue weighted by atomic mass is 16.5. The Kier molecular flexibility index (Phi) is 7.71. The fraction of sp³-hybridized carbons (Fsp3) is 0.200. The lowest BCUT2D eigenvalue weighted by Gasteiger charge is -2.13. The first-order valence-electron chi connectivity index (χ1n) is 11.7. The first-order chi connectivity index (χ1) is 16.6. The number of nitrogens with zero attached hydrogens (tertiary/aromatic N) is 1. The Morgan fingerprint density at radius 3 is 2.74 bits per heavy atom. The van der Waals surface area contributed by atoms with Crippen LogP contribution in [0.4, 0.5) is 0 Å². The molecule has 0 radical (unpaired) electrons. The minimum absolute atomic E-state index is 0.0812. The number of rotatable bonds is 9. The molecule has 0 saturated heterocycles. The van der Waals surface area contributed by atoms with Crippen molar-refractivity contribution in [1.82, 2.24) is 10.3 Å². The van der Waals surface area contributed by atoms with Crippen LogP contribution in [0.5, 0.6) is 5.75 Å². The van der Waals surface area contributed by atoms with E-state index in [1.807, 2.05) is 36.5 Å². The van der Waals surface area contributed by atoms with E-state index in [9.17, 15) is 4.79 Å². The molecule has 0 bridgehead atoms. The van der Waals surface area contributed by atoms with Crippen molar-refractivity contribution in [2.75, 3.05) is 13.7 Å². The molecule has 0 saturated carbocycles. The third-order valence-corrected chi connectivity index (χ3v) is 5.90. The zero-order valence-electron chi connectivity index (χ0n) is 19.8. The van der Waals surface area contributed by atoms with Gasteiger partial charge in [0.05, 0.1) is 7.11 Å². The highest BCUT2D eigenvalue weighted by Gasteiger charge is 2.10. The monoisotopic (exact) mass is 450 g/mol. The summed E-state index contributed by atoms with van der Waals surface area (Å²) in [6.07, 6.45) is 10.1. The number of unbranched alkanes of at least 4 members (excludes halogenated alkanes) is 1. The van der Waals surface area contributed by atoms with Crippen LogP contribution in [0.3, 0.4) is 0 Å². The summed E-state index contributed by atoms with van der Waals surface area (Å²) in [5.74, 6) is 0.725. The summed E-state index contributed by atoms with van der Waals surface area (Å²) < 4.78 is 5.46. The predicted molar refractivity (Wildman–Crippen MR) is 140 cm³/mol. The Hall–Kier alpha value is -3.92. The first kappa shape index (κ1) is 23.2. The van der Waals surface area contributed by atoms with Gasteiger partial charge in [-0.2, -0.15) is 0 Å². The van der Waals surface area contributed by atoms with Crippen LogP contribution in [-0.2, 0) is 11.2 Å². The lowest BCUT2D eigenvalue weighted by molar-refractivity contribution is -0.116. The zero-order valence-corrected chi connectivity index (χ0v) is 19.8. The molecule has 4 heteroatoms. The Labute approximate surface area is 201 Å². The van der Waals surface area contributed by atoms with Crippen molar-refractivity contribution < 1.29 is 9.53 Å². The van der Waals surface area contributed by atoms with Gasteiger partial charge in [0.25, 0.3) is 0 Å². The van der Waals surface area contributed by atoms with Crippen LogP contribution in [0.2, 0.25) is 0 Å². The summed E-state index contributed by atoms with van der Waals surface area (Å²) >= 11 is 0. The quantitative estimate of drug-likeness (QED) is 0.238. The summed E-state index contributed by atoms with van der Waals surface area (Å²) in [4.78, 5) is 16.6. The van der Waals surface area contributed by atoms with E-state index in [1.165, 1.54) is 16.5 Å². The summed E-state index contributed by atoms with van der Waals surface area (Å²) in [7, 11) is 1.67. The number of amides is 1. The molecule has 172 valence electrons. The molecule has 4 rings (SSSR count). The Balaban J connectivity index is 1.49. The van der Waals surface area contributed by atoms with E-state index in [4.69, 9.17) is 4.74 Å². The van der Waals surface area contributed by atoms with Gasteiger partial charge in [0.2, 0.25) is 5.91 Å². The van der Waals surface area contributed by atoms with E-state index in [-0.39, 0.29) is 5.91 Å². The van der Waals surface area contributed by atoms with E-state index >= 15 is 0 Å². The number of aromatic nitrogens is 1. The topological polar surface area (TPSA) is 51.2 Å². The number of methoxy groups -OCH3 is 1. The number of nitrogens with one attached hydrogen (secondary N) is 1. The normalized spacial score (nSPS) is 11.1. The van der Waals surface area contributed by atoms with Gasteiger partial charge in [0.1, 0.15) is 5.75 Å². The number of carbonyl (C=O) groups is 1. The summed E-state index contributed by atoms with van der Waals surface area (Å²) in [5.41, 5.74) is 5.58. The molecule has 0 aliphatic carbocycles. The third-order valence-electron chi connectivity index (χ3n) is 5.90. The first-order valence-corrected chi connectivity index (χ1v) is 11.7. The molecule has 34 heavy (non-hydrogen) atoms. The number of fused-ring (bicyclic) bond motifs is 1. The Morgan fingerprint density at radius 2 is 1.91 bits per heavy atom. The molecule has 0 aliphatic heterocycles. The minimum atomic E-state index is -0.0812. The van der Waals surface area contributed by atoms with Gasteiger partial charge in [-0.25, -0.2) is 0 Å². The van der Waals surface area contributed by atoms with Crippen molar-refractivity contribution in [2.24, 2.45) is 0 Å². The maximum Gasteiger partial charge on any atom is 0.243 e. The maximum absolute atomic E-state index is 12.5. The van der Waals surface area contributed by atoms with Crippen LogP contribution in [0.1, 0.15) is 29.5 Å². The summed E-state index contributed by atoms with van der Waals surface area (Å²) in [6, 6.07) is 22.7. The van der Waals surface area contributed by atoms with Gasteiger partial charge in [0.15, 0.2) is 0 Å². The van der Waals surface area contributed by atoms with Crippen molar-refractivity contribution in [2.45, 2.75) is 26.2 Å². The Bertz CT molecular complexity index is 1300. The van der Waals surface area contributed by atoms with Gasteiger partial charge in [0, 0.05) is 25.0 Å². The predicted octanol–water partition coefficient (Wildman–Crippen LogP) is 6.37. The standard InChI is InChI=1S/C30H30N2O2/c1-22-11-12-24-13-14-25(30(28(24)19-22)26-9-5-10-27(20-26)34-2)15-16-29(33)32-18-4-3-7-23-8-6-17-31-21-23/h5-6,8-17,19-21H,3-4,7,18H2,1-2H3,(H,32,33)/b16-15+.